The summed E-state index contributed by atoms with van der Waals surface area (Å²) in [6.45, 7) is 2.82. The molecule has 0 spiro atoms. The van der Waals surface area contributed by atoms with E-state index in [0.29, 0.717) is 16.5 Å². The van der Waals surface area contributed by atoms with Crippen LogP contribution in [0.3, 0.4) is 0 Å². The summed E-state index contributed by atoms with van der Waals surface area (Å²) in [5, 5.41) is 2.89. The molecule has 146 valence electrons. The molecule has 2 N–H and O–H groups in total. The van der Waals surface area contributed by atoms with Gasteiger partial charge in [0.05, 0.1) is 17.9 Å². The van der Waals surface area contributed by atoms with Crippen molar-refractivity contribution in [2.75, 3.05) is 12.4 Å². The van der Waals surface area contributed by atoms with Gasteiger partial charge in [-0.3, -0.25) is 4.79 Å². The first kappa shape index (κ1) is 21.1. The zero-order valence-electron chi connectivity index (χ0n) is 15.0. The van der Waals surface area contributed by atoms with Crippen LogP contribution in [-0.2, 0) is 20.6 Å². The van der Waals surface area contributed by atoms with Gasteiger partial charge < -0.3 is 10.1 Å². The van der Waals surface area contributed by atoms with Gasteiger partial charge in [-0.15, -0.1) is 0 Å². The van der Waals surface area contributed by atoms with Crippen LogP contribution in [-0.4, -0.2) is 27.0 Å². The van der Waals surface area contributed by atoms with Crippen molar-refractivity contribution in [3.63, 3.8) is 0 Å². The summed E-state index contributed by atoms with van der Waals surface area (Å²) in [5.41, 5.74) is -1.08. The summed E-state index contributed by atoms with van der Waals surface area (Å²) in [4.78, 5) is 12.5. The normalized spacial score (nSPS) is 11.9. The fourth-order valence-corrected chi connectivity index (χ4v) is 4.17. The molecule has 0 unspecified atom stereocenters. The van der Waals surface area contributed by atoms with E-state index in [9.17, 15) is 17.6 Å². The molecule has 2 aromatic carbocycles. The van der Waals surface area contributed by atoms with E-state index in [0.717, 1.165) is 0 Å². The van der Waals surface area contributed by atoms with Gasteiger partial charge in [-0.25, -0.2) is 12.8 Å². The standard InChI is InChI=1S/C18H20ClFN2O4S/c1-18(2,17(23)21-13-8-9-16(26-3)14(19)10-13)22-27(24,25)11-12-6-4-5-7-15(12)20/h4-10,22H,11H2,1-3H3,(H,21,23). The Labute approximate surface area is 162 Å². The predicted molar refractivity (Wildman–Crippen MR) is 103 cm³/mol. The van der Waals surface area contributed by atoms with Crippen LogP contribution in [0.2, 0.25) is 5.02 Å². The molecule has 0 fully saturated rings. The first-order chi connectivity index (χ1) is 12.5. The molecular weight excluding hydrogens is 395 g/mol. The lowest BCUT2D eigenvalue weighted by Crippen LogP contribution is -2.52. The number of carbonyl (C=O) groups is 1. The molecule has 0 heterocycles. The van der Waals surface area contributed by atoms with Crippen molar-refractivity contribution in [3.05, 3.63) is 58.9 Å². The molecular formula is C18H20ClFN2O4S. The third-order valence-corrected chi connectivity index (χ3v) is 5.50. The van der Waals surface area contributed by atoms with Gasteiger partial charge in [0.1, 0.15) is 17.1 Å². The van der Waals surface area contributed by atoms with Crippen LogP contribution in [0, 0.1) is 5.82 Å². The first-order valence-corrected chi connectivity index (χ1v) is 9.97. The summed E-state index contributed by atoms with van der Waals surface area (Å²) in [5.74, 6) is -1.36. The van der Waals surface area contributed by atoms with Gasteiger partial charge in [0.15, 0.2) is 0 Å². The smallest absolute Gasteiger partial charge is 0.245 e. The van der Waals surface area contributed by atoms with Crippen molar-refractivity contribution in [2.24, 2.45) is 0 Å². The second-order valence-electron chi connectivity index (χ2n) is 6.38. The number of nitrogens with one attached hydrogen (secondary N) is 2. The SMILES string of the molecule is COc1ccc(NC(=O)C(C)(C)NS(=O)(=O)Cc2ccccc2F)cc1Cl. The predicted octanol–water partition coefficient (Wildman–Crippen LogP) is 3.32. The molecule has 0 atom stereocenters. The second-order valence-corrected chi connectivity index (χ2v) is 8.51. The molecule has 1 amide bonds. The third-order valence-electron chi connectivity index (χ3n) is 3.69. The first-order valence-electron chi connectivity index (χ1n) is 7.94. The van der Waals surface area contributed by atoms with Crippen LogP contribution >= 0.6 is 11.6 Å². The molecule has 6 nitrogen and oxygen atoms in total. The van der Waals surface area contributed by atoms with Gasteiger partial charge in [0, 0.05) is 11.3 Å². The Kier molecular flexibility index (Phi) is 6.46. The van der Waals surface area contributed by atoms with Crippen molar-refractivity contribution in [1.29, 1.82) is 0 Å². The van der Waals surface area contributed by atoms with E-state index in [4.69, 9.17) is 16.3 Å². The molecule has 0 radical (unpaired) electrons. The highest BCUT2D eigenvalue weighted by Crippen LogP contribution is 2.27. The molecule has 0 aliphatic carbocycles. The molecule has 0 bridgehead atoms. The summed E-state index contributed by atoms with van der Waals surface area (Å²) < 4.78 is 45.8. The highest BCUT2D eigenvalue weighted by Gasteiger charge is 2.33. The van der Waals surface area contributed by atoms with Gasteiger partial charge in [0.25, 0.3) is 0 Å². The number of carbonyl (C=O) groups excluding carboxylic acids is 1. The number of benzene rings is 2. The number of ether oxygens (including phenoxy) is 1. The van der Waals surface area contributed by atoms with E-state index in [2.05, 4.69) is 10.0 Å². The lowest BCUT2D eigenvalue weighted by molar-refractivity contribution is -0.120. The summed E-state index contributed by atoms with van der Waals surface area (Å²) in [6.07, 6.45) is 0. The Morgan fingerprint density at radius 2 is 1.89 bits per heavy atom. The van der Waals surface area contributed by atoms with Crippen LogP contribution < -0.4 is 14.8 Å². The maximum atomic E-state index is 13.7. The van der Waals surface area contributed by atoms with Crippen LogP contribution in [0.1, 0.15) is 19.4 Å². The Morgan fingerprint density at radius 1 is 1.22 bits per heavy atom. The van der Waals surface area contributed by atoms with E-state index in [-0.39, 0.29) is 5.56 Å². The van der Waals surface area contributed by atoms with Crippen LogP contribution in [0.4, 0.5) is 10.1 Å². The molecule has 0 saturated carbocycles. The number of methoxy groups -OCH3 is 1. The van der Waals surface area contributed by atoms with E-state index in [1.165, 1.54) is 45.2 Å². The summed E-state index contributed by atoms with van der Waals surface area (Å²) in [6, 6.07) is 10.2. The molecule has 0 saturated heterocycles. The molecule has 2 aromatic rings. The number of anilines is 1. The Morgan fingerprint density at radius 3 is 2.48 bits per heavy atom. The molecule has 27 heavy (non-hydrogen) atoms. The molecule has 2 rings (SSSR count). The quantitative estimate of drug-likeness (QED) is 0.727. The van der Waals surface area contributed by atoms with Crippen molar-refractivity contribution < 1.29 is 22.3 Å². The van der Waals surface area contributed by atoms with Crippen molar-refractivity contribution in [3.8, 4) is 5.75 Å². The van der Waals surface area contributed by atoms with Crippen molar-refractivity contribution >= 4 is 33.2 Å². The number of halogens is 2. The van der Waals surface area contributed by atoms with Crippen LogP contribution in [0.15, 0.2) is 42.5 Å². The Bertz CT molecular complexity index is 948. The fraction of sp³-hybridized carbons (Fsp3) is 0.278. The topological polar surface area (TPSA) is 84.5 Å². The largest absolute Gasteiger partial charge is 0.495 e. The highest BCUT2D eigenvalue weighted by molar-refractivity contribution is 7.88. The average Bonchev–Trinajstić information content (AvgIpc) is 2.56. The molecule has 0 aliphatic rings. The number of sulfonamides is 1. The second kappa shape index (κ2) is 8.24. The minimum atomic E-state index is -3.97. The number of rotatable bonds is 7. The minimum Gasteiger partial charge on any atom is -0.495 e. The average molecular weight is 415 g/mol. The summed E-state index contributed by atoms with van der Waals surface area (Å²) in [7, 11) is -2.50. The third kappa shape index (κ3) is 5.66. The van der Waals surface area contributed by atoms with Crippen LogP contribution in [0.5, 0.6) is 5.75 Å². The Balaban J connectivity index is 2.11. The lowest BCUT2D eigenvalue weighted by Gasteiger charge is -2.25. The molecule has 9 heteroatoms. The van der Waals surface area contributed by atoms with Crippen molar-refractivity contribution in [1.82, 2.24) is 4.72 Å². The van der Waals surface area contributed by atoms with Gasteiger partial charge in [0.2, 0.25) is 15.9 Å². The van der Waals surface area contributed by atoms with E-state index in [1.54, 1.807) is 18.2 Å². The maximum absolute atomic E-state index is 13.7. The maximum Gasteiger partial charge on any atom is 0.245 e. The zero-order chi connectivity index (χ0) is 20.2. The highest BCUT2D eigenvalue weighted by atomic mass is 35.5. The van der Waals surface area contributed by atoms with Gasteiger partial charge in [-0.1, -0.05) is 29.8 Å². The van der Waals surface area contributed by atoms with E-state index >= 15 is 0 Å². The number of hydrogen-bond acceptors (Lipinski definition) is 4. The Hall–Kier alpha value is -2.16. The van der Waals surface area contributed by atoms with Gasteiger partial charge in [-0.05, 0) is 38.1 Å². The fourth-order valence-electron chi connectivity index (χ4n) is 2.32. The molecule has 0 aromatic heterocycles. The number of hydrogen-bond donors (Lipinski definition) is 2. The zero-order valence-corrected chi connectivity index (χ0v) is 16.6. The van der Waals surface area contributed by atoms with Gasteiger partial charge in [-0.2, -0.15) is 4.72 Å². The van der Waals surface area contributed by atoms with E-state index < -0.39 is 33.0 Å². The summed E-state index contributed by atoms with van der Waals surface area (Å²) >= 11 is 6.02. The minimum absolute atomic E-state index is 0.0168. The van der Waals surface area contributed by atoms with E-state index in [1.807, 2.05) is 0 Å². The number of amides is 1. The van der Waals surface area contributed by atoms with Gasteiger partial charge >= 0.3 is 0 Å². The van der Waals surface area contributed by atoms with Crippen LogP contribution in [0.25, 0.3) is 0 Å². The van der Waals surface area contributed by atoms with Crippen molar-refractivity contribution in [2.45, 2.75) is 25.1 Å². The molecule has 0 aliphatic heterocycles. The monoisotopic (exact) mass is 414 g/mol. The lowest BCUT2D eigenvalue weighted by atomic mass is 10.1.